The SMILES string of the molecule is O=C(NCC(F)(F)F)[C@H]1CCCN(c2nc3ccccn3c2[N+](=O)[O-])C1. The Kier molecular flexibility index (Phi) is 4.70. The number of imidazole rings is 1. The quantitative estimate of drug-likeness (QED) is 0.657. The topological polar surface area (TPSA) is 92.8 Å². The maximum Gasteiger partial charge on any atom is 0.405 e. The number of alkyl halides is 3. The fourth-order valence-electron chi connectivity index (χ4n) is 3.07. The molecule has 2 aromatic rings. The summed E-state index contributed by atoms with van der Waals surface area (Å²) in [4.78, 5) is 28.8. The normalized spacial score (nSPS) is 18.1. The van der Waals surface area contributed by atoms with Crippen LogP contribution in [0.5, 0.6) is 0 Å². The molecule has 1 N–H and O–H groups in total. The van der Waals surface area contributed by atoms with Crippen LogP contribution in [0.15, 0.2) is 24.4 Å². The molecule has 3 heterocycles. The molecule has 0 spiro atoms. The Labute approximate surface area is 145 Å². The van der Waals surface area contributed by atoms with Gasteiger partial charge in [-0.15, -0.1) is 0 Å². The van der Waals surface area contributed by atoms with Crippen LogP contribution >= 0.6 is 0 Å². The number of piperidine rings is 1. The number of aromatic nitrogens is 2. The van der Waals surface area contributed by atoms with Gasteiger partial charge in [0.15, 0.2) is 0 Å². The van der Waals surface area contributed by atoms with Crippen molar-refractivity contribution >= 4 is 23.2 Å². The van der Waals surface area contributed by atoms with Crippen LogP contribution in [0.2, 0.25) is 0 Å². The predicted octanol–water partition coefficient (Wildman–Crippen LogP) is 2.14. The molecule has 1 saturated heterocycles. The van der Waals surface area contributed by atoms with Crippen LogP contribution in [0.1, 0.15) is 12.8 Å². The molecule has 0 saturated carbocycles. The van der Waals surface area contributed by atoms with Gasteiger partial charge in [0.1, 0.15) is 6.54 Å². The zero-order valence-electron chi connectivity index (χ0n) is 13.6. The molecule has 2 aromatic heterocycles. The lowest BCUT2D eigenvalue weighted by molar-refractivity contribution is -0.389. The Balaban J connectivity index is 1.82. The fourth-order valence-corrected chi connectivity index (χ4v) is 3.07. The molecule has 8 nitrogen and oxygen atoms in total. The van der Waals surface area contributed by atoms with Gasteiger partial charge in [0.25, 0.3) is 0 Å². The van der Waals surface area contributed by atoms with Crippen molar-refractivity contribution in [3.05, 3.63) is 34.5 Å². The van der Waals surface area contributed by atoms with Gasteiger partial charge in [-0.1, -0.05) is 6.07 Å². The van der Waals surface area contributed by atoms with Crippen molar-refractivity contribution in [2.75, 3.05) is 24.5 Å². The lowest BCUT2D eigenvalue weighted by Crippen LogP contribution is -2.45. The Hall–Kier alpha value is -2.85. The van der Waals surface area contributed by atoms with Crippen LogP contribution in [0.4, 0.5) is 24.8 Å². The summed E-state index contributed by atoms with van der Waals surface area (Å²) in [5, 5.41) is 13.4. The summed E-state index contributed by atoms with van der Waals surface area (Å²) in [5.74, 6) is -1.50. The van der Waals surface area contributed by atoms with Crippen molar-refractivity contribution in [3.8, 4) is 0 Å². The summed E-state index contributed by atoms with van der Waals surface area (Å²) < 4.78 is 38.2. The van der Waals surface area contributed by atoms with Crippen molar-refractivity contribution < 1.29 is 22.9 Å². The Bertz CT molecular complexity index is 836. The van der Waals surface area contributed by atoms with E-state index in [-0.39, 0.29) is 18.2 Å². The summed E-state index contributed by atoms with van der Waals surface area (Å²) in [6.45, 7) is -0.876. The van der Waals surface area contributed by atoms with E-state index in [1.165, 1.54) is 10.6 Å². The number of halogens is 3. The van der Waals surface area contributed by atoms with Gasteiger partial charge in [0.05, 0.1) is 12.1 Å². The predicted molar refractivity (Wildman–Crippen MR) is 85.8 cm³/mol. The van der Waals surface area contributed by atoms with E-state index in [0.717, 1.165) is 0 Å². The van der Waals surface area contributed by atoms with Crippen molar-refractivity contribution in [1.29, 1.82) is 0 Å². The highest BCUT2D eigenvalue weighted by atomic mass is 19.4. The number of nitrogens with zero attached hydrogens (tertiary/aromatic N) is 4. The highest BCUT2D eigenvalue weighted by molar-refractivity contribution is 5.80. The number of anilines is 1. The van der Waals surface area contributed by atoms with Gasteiger partial charge in [-0.05, 0) is 23.8 Å². The number of hydrogen-bond donors (Lipinski definition) is 1. The number of nitro groups is 1. The number of nitrogens with one attached hydrogen (secondary N) is 1. The van der Waals surface area contributed by atoms with Crippen molar-refractivity contribution in [3.63, 3.8) is 0 Å². The zero-order chi connectivity index (χ0) is 18.9. The molecule has 1 aliphatic heterocycles. The van der Waals surface area contributed by atoms with E-state index in [2.05, 4.69) is 4.98 Å². The third-order valence-corrected chi connectivity index (χ3v) is 4.21. The van der Waals surface area contributed by atoms with Crippen LogP contribution in [0, 0.1) is 16.0 Å². The molecular formula is C15H16F3N5O3. The third kappa shape index (κ3) is 3.70. The van der Waals surface area contributed by atoms with Crippen LogP contribution < -0.4 is 10.2 Å². The monoisotopic (exact) mass is 371 g/mol. The first-order valence-electron chi connectivity index (χ1n) is 7.97. The molecule has 0 radical (unpaired) electrons. The Morgan fingerprint density at radius 3 is 2.88 bits per heavy atom. The van der Waals surface area contributed by atoms with E-state index >= 15 is 0 Å². The number of rotatable bonds is 4. The van der Waals surface area contributed by atoms with Crippen molar-refractivity contribution in [1.82, 2.24) is 14.7 Å². The molecule has 0 unspecified atom stereocenters. The van der Waals surface area contributed by atoms with Crippen LogP contribution in [-0.2, 0) is 4.79 Å². The molecule has 1 fully saturated rings. The highest BCUT2D eigenvalue weighted by Gasteiger charge is 2.34. The van der Waals surface area contributed by atoms with Crippen molar-refractivity contribution in [2.45, 2.75) is 19.0 Å². The zero-order valence-corrected chi connectivity index (χ0v) is 13.6. The first-order chi connectivity index (χ1) is 12.3. The van der Waals surface area contributed by atoms with E-state index < -0.39 is 29.5 Å². The highest BCUT2D eigenvalue weighted by Crippen LogP contribution is 2.32. The van der Waals surface area contributed by atoms with Crippen LogP contribution in [0.3, 0.4) is 0 Å². The van der Waals surface area contributed by atoms with E-state index in [0.29, 0.717) is 25.0 Å². The number of fused-ring (bicyclic) bond motifs is 1. The second kappa shape index (κ2) is 6.81. The number of carbonyl (C=O) groups excluding carboxylic acids is 1. The van der Waals surface area contributed by atoms with Gasteiger partial charge < -0.3 is 20.3 Å². The molecule has 1 atom stereocenters. The number of pyridine rings is 1. The van der Waals surface area contributed by atoms with Gasteiger partial charge in [0.2, 0.25) is 17.4 Å². The van der Waals surface area contributed by atoms with E-state index in [1.54, 1.807) is 23.1 Å². The van der Waals surface area contributed by atoms with Crippen LogP contribution in [0.25, 0.3) is 5.65 Å². The first kappa shape index (κ1) is 18.0. The summed E-state index contributed by atoms with van der Waals surface area (Å²) in [7, 11) is 0. The molecule has 0 aliphatic carbocycles. The minimum Gasteiger partial charge on any atom is -0.358 e. The lowest BCUT2D eigenvalue weighted by atomic mass is 9.97. The van der Waals surface area contributed by atoms with E-state index in [9.17, 15) is 28.1 Å². The molecule has 1 aliphatic rings. The maximum atomic E-state index is 12.3. The van der Waals surface area contributed by atoms with Gasteiger partial charge in [-0.2, -0.15) is 22.6 Å². The van der Waals surface area contributed by atoms with Gasteiger partial charge in [-0.25, -0.2) is 0 Å². The lowest BCUT2D eigenvalue weighted by Gasteiger charge is -2.31. The molecular weight excluding hydrogens is 355 g/mol. The average molecular weight is 371 g/mol. The summed E-state index contributed by atoms with van der Waals surface area (Å²) >= 11 is 0. The number of carbonyl (C=O) groups is 1. The van der Waals surface area contributed by atoms with Gasteiger partial charge in [0, 0.05) is 19.2 Å². The van der Waals surface area contributed by atoms with E-state index in [1.807, 2.05) is 5.32 Å². The number of amides is 1. The molecule has 26 heavy (non-hydrogen) atoms. The fraction of sp³-hybridized carbons (Fsp3) is 0.467. The minimum absolute atomic E-state index is 0.0778. The average Bonchev–Trinajstić information content (AvgIpc) is 2.99. The largest absolute Gasteiger partial charge is 0.405 e. The second-order valence-corrected chi connectivity index (χ2v) is 6.06. The first-order valence-corrected chi connectivity index (χ1v) is 7.97. The molecule has 140 valence electrons. The Morgan fingerprint density at radius 1 is 1.42 bits per heavy atom. The molecule has 3 rings (SSSR count). The minimum atomic E-state index is -4.48. The summed E-state index contributed by atoms with van der Waals surface area (Å²) in [5.41, 5.74) is 0.387. The summed E-state index contributed by atoms with van der Waals surface area (Å²) in [6, 6.07) is 4.95. The molecule has 1 amide bonds. The maximum absolute atomic E-state index is 12.3. The van der Waals surface area contributed by atoms with E-state index in [4.69, 9.17) is 0 Å². The van der Waals surface area contributed by atoms with Gasteiger partial charge in [-0.3, -0.25) is 4.79 Å². The second-order valence-electron chi connectivity index (χ2n) is 6.06. The summed E-state index contributed by atoms with van der Waals surface area (Å²) in [6.07, 6.45) is -2.03. The van der Waals surface area contributed by atoms with Crippen molar-refractivity contribution in [2.24, 2.45) is 5.92 Å². The molecule has 0 aromatic carbocycles. The molecule has 11 heteroatoms. The van der Waals surface area contributed by atoms with Crippen LogP contribution in [-0.4, -0.2) is 46.0 Å². The number of hydrogen-bond acceptors (Lipinski definition) is 5. The standard InChI is InChI=1S/C15H16F3N5O3/c16-15(17,18)9-19-13(24)10-4-3-6-21(8-10)12-14(23(25)26)22-7-2-1-5-11(22)20-12/h1-2,5,7,10H,3-4,6,8-9H2,(H,19,24)/t10-/m0/s1. The Morgan fingerprint density at radius 2 is 2.19 bits per heavy atom. The van der Waals surface area contributed by atoms with Gasteiger partial charge >= 0.3 is 12.0 Å². The smallest absolute Gasteiger partial charge is 0.358 e. The third-order valence-electron chi connectivity index (χ3n) is 4.21. The molecule has 0 bridgehead atoms.